The molecule has 2 heteroatoms. The van der Waals surface area contributed by atoms with E-state index in [1.165, 1.54) is 11.1 Å². The van der Waals surface area contributed by atoms with Gasteiger partial charge in [0.1, 0.15) is 0 Å². The molecule has 0 spiro atoms. The number of nitriles is 1. The van der Waals surface area contributed by atoms with Crippen molar-refractivity contribution >= 4 is 15.9 Å². The smallest absolute Gasteiger partial charge is 0.0823 e. The first kappa shape index (κ1) is 9.73. The van der Waals surface area contributed by atoms with Gasteiger partial charge in [-0.1, -0.05) is 40.2 Å². The fraction of sp³-hybridized carbons (Fsp3) is 0.417. The van der Waals surface area contributed by atoms with Crippen LogP contribution in [0.15, 0.2) is 24.3 Å². The van der Waals surface area contributed by atoms with E-state index in [2.05, 4.69) is 46.3 Å². The van der Waals surface area contributed by atoms with Crippen LogP contribution in [0.4, 0.5) is 0 Å². The van der Waals surface area contributed by atoms with E-state index < -0.39 is 0 Å². The van der Waals surface area contributed by atoms with E-state index in [0.29, 0.717) is 0 Å². The summed E-state index contributed by atoms with van der Waals surface area (Å²) in [6, 6.07) is 10.9. The number of benzene rings is 1. The van der Waals surface area contributed by atoms with Crippen LogP contribution in [0.25, 0.3) is 0 Å². The van der Waals surface area contributed by atoms with Crippen LogP contribution in [0.2, 0.25) is 0 Å². The second-order valence-corrected chi connectivity index (χ2v) is 4.62. The van der Waals surface area contributed by atoms with Gasteiger partial charge < -0.3 is 0 Å². The number of hydrogen-bond acceptors (Lipinski definition) is 1. The first-order chi connectivity index (χ1) is 6.80. The quantitative estimate of drug-likeness (QED) is 0.756. The summed E-state index contributed by atoms with van der Waals surface area (Å²) < 4.78 is 0. The molecule has 0 radical (unpaired) electrons. The molecule has 1 aliphatic carbocycles. The Morgan fingerprint density at radius 2 is 1.93 bits per heavy atom. The van der Waals surface area contributed by atoms with Crippen LogP contribution in [0.3, 0.4) is 0 Å². The zero-order valence-electron chi connectivity index (χ0n) is 7.96. The van der Waals surface area contributed by atoms with Crippen molar-refractivity contribution in [3.05, 3.63) is 35.4 Å². The van der Waals surface area contributed by atoms with Crippen LogP contribution in [-0.2, 0) is 11.8 Å². The van der Waals surface area contributed by atoms with Gasteiger partial charge in [-0.3, -0.25) is 0 Å². The molecule has 0 N–H and O–H groups in total. The fourth-order valence-electron chi connectivity index (χ4n) is 1.69. The molecule has 0 aliphatic heterocycles. The molecule has 14 heavy (non-hydrogen) atoms. The summed E-state index contributed by atoms with van der Waals surface area (Å²) in [6.07, 6.45) is 3.11. The Morgan fingerprint density at radius 1 is 1.29 bits per heavy atom. The van der Waals surface area contributed by atoms with Gasteiger partial charge >= 0.3 is 0 Å². The summed E-state index contributed by atoms with van der Waals surface area (Å²) in [5.74, 6) is 0. The highest BCUT2D eigenvalue weighted by Gasteiger charge is 2.44. The lowest BCUT2D eigenvalue weighted by molar-refractivity contribution is 0.906. The van der Waals surface area contributed by atoms with Crippen LogP contribution in [0, 0.1) is 11.3 Å². The Hall–Kier alpha value is -0.810. The minimum atomic E-state index is -0.132. The highest BCUT2D eigenvalue weighted by Crippen LogP contribution is 2.47. The SMILES string of the molecule is N#CC1(c2ccc(CCBr)cc2)CC1. The number of rotatable bonds is 3. The number of hydrogen-bond donors (Lipinski definition) is 0. The van der Waals surface area contributed by atoms with Gasteiger partial charge in [-0.15, -0.1) is 0 Å². The van der Waals surface area contributed by atoms with Crippen molar-refractivity contribution in [3.63, 3.8) is 0 Å². The third kappa shape index (κ3) is 1.69. The van der Waals surface area contributed by atoms with Crippen molar-refractivity contribution in [2.45, 2.75) is 24.7 Å². The lowest BCUT2D eigenvalue weighted by Gasteiger charge is -2.06. The van der Waals surface area contributed by atoms with Gasteiger partial charge in [-0.25, -0.2) is 0 Å². The summed E-state index contributed by atoms with van der Waals surface area (Å²) in [4.78, 5) is 0. The first-order valence-corrected chi connectivity index (χ1v) is 5.99. The van der Waals surface area contributed by atoms with E-state index in [9.17, 15) is 0 Å². The minimum Gasteiger partial charge on any atom is -0.197 e. The Balaban J connectivity index is 2.19. The van der Waals surface area contributed by atoms with Gasteiger partial charge in [0, 0.05) is 5.33 Å². The highest BCUT2D eigenvalue weighted by molar-refractivity contribution is 9.09. The van der Waals surface area contributed by atoms with Crippen molar-refractivity contribution in [1.29, 1.82) is 5.26 Å². The third-order valence-electron chi connectivity index (χ3n) is 2.85. The molecule has 0 atom stereocenters. The van der Waals surface area contributed by atoms with Gasteiger partial charge in [0.05, 0.1) is 11.5 Å². The lowest BCUT2D eigenvalue weighted by Crippen LogP contribution is -2.02. The van der Waals surface area contributed by atoms with Gasteiger partial charge in [0.2, 0.25) is 0 Å². The van der Waals surface area contributed by atoms with Gasteiger partial charge in [-0.05, 0) is 30.4 Å². The molecule has 1 aromatic carbocycles. The first-order valence-electron chi connectivity index (χ1n) is 4.87. The highest BCUT2D eigenvalue weighted by atomic mass is 79.9. The number of halogens is 1. The standard InChI is InChI=1S/C12H12BrN/c13-8-5-10-1-3-11(4-2-10)12(9-14)6-7-12/h1-4H,5-8H2. The van der Waals surface area contributed by atoms with Crippen molar-refractivity contribution in [2.24, 2.45) is 0 Å². The van der Waals surface area contributed by atoms with Crippen LogP contribution >= 0.6 is 15.9 Å². The topological polar surface area (TPSA) is 23.8 Å². The molecular formula is C12H12BrN. The molecule has 1 aliphatic rings. The third-order valence-corrected chi connectivity index (χ3v) is 3.25. The number of aryl methyl sites for hydroxylation is 1. The maximum atomic E-state index is 9.03. The Labute approximate surface area is 92.9 Å². The summed E-state index contributed by atoms with van der Waals surface area (Å²) in [5.41, 5.74) is 2.39. The van der Waals surface area contributed by atoms with Crippen molar-refractivity contribution in [3.8, 4) is 6.07 Å². The maximum Gasteiger partial charge on any atom is 0.0823 e. The molecule has 0 unspecified atom stereocenters. The van der Waals surface area contributed by atoms with Crippen molar-refractivity contribution < 1.29 is 0 Å². The summed E-state index contributed by atoms with van der Waals surface area (Å²) in [7, 11) is 0. The van der Waals surface area contributed by atoms with Crippen LogP contribution in [-0.4, -0.2) is 5.33 Å². The maximum absolute atomic E-state index is 9.03. The minimum absolute atomic E-state index is 0.132. The molecule has 0 amide bonds. The molecule has 0 bridgehead atoms. The van der Waals surface area contributed by atoms with E-state index in [4.69, 9.17) is 5.26 Å². The molecule has 0 aromatic heterocycles. The van der Waals surface area contributed by atoms with Crippen molar-refractivity contribution in [1.82, 2.24) is 0 Å². The van der Waals surface area contributed by atoms with Gasteiger partial charge in [0.15, 0.2) is 0 Å². The van der Waals surface area contributed by atoms with E-state index >= 15 is 0 Å². The summed E-state index contributed by atoms with van der Waals surface area (Å²) >= 11 is 3.42. The van der Waals surface area contributed by atoms with Crippen LogP contribution in [0.1, 0.15) is 24.0 Å². The average Bonchev–Trinajstić information content (AvgIpc) is 3.00. The number of alkyl halides is 1. The molecule has 72 valence electrons. The largest absolute Gasteiger partial charge is 0.197 e. The lowest BCUT2D eigenvalue weighted by atomic mass is 9.96. The zero-order chi connectivity index (χ0) is 10.0. The molecule has 1 saturated carbocycles. The second-order valence-electron chi connectivity index (χ2n) is 3.83. The predicted octanol–water partition coefficient (Wildman–Crippen LogP) is 3.18. The van der Waals surface area contributed by atoms with Gasteiger partial charge in [0.25, 0.3) is 0 Å². The molecule has 0 saturated heterocycles. The Bertz CT molecular complexity index is 357. The second kappa shape index (κ2) is 3.74. The Kier molecular flexibility index (Phi) is 2.60. The van der Waals surface area contributed by atoms with Crippen LogP contribution in [0.5, 0.6) is 0 Å². The molecule has 1 aromatic rings. The molecule has 1 fully saturated rings. The average molecular weight is 250 g/mol. The summed E-state index contributed by atoms with van der Waals surface area (Å²) in [5, 5.41) is 10.0. The predicted molar refractivity (Wildman–Crippen MR) is 60.5 cm³/mol. The fourth-order valence-corrected chi connectivity index (χ4v) is 2.15. The van der Waals surface area contributed by atoms with E-state index in [1.54, 1.807) is 0 Å². The molecule has 2 rings (SSSR count). The van der Waals surface area contributed by atoms with Gasteiger partial charge in [-0.2, -0.15) is 5.26 Å². The normalized spacial score (nSPS) is 17.4. The van der Waals surface area contributed by atoms with Crippen molar-refractivity contribution in [2.75, 3.05) is 5.33 Å². The zero-order valence-corrected chi connectivity index (χ0v) is 9.55. The molecular weight excluding hydrogens is 238 g/mol. The van der Waals surface area contributed by atoms with E-state index in [0.717, 1.165) is 24.6 Å². The monoisotopic (exact) mass is 249 g/mol. The van der Waals surface area contributed by atoms with E-state index in [-0.39, 0.29) is 5.41 Å². The number of nitrogens with zero attached hydrogens (tertiary/aromatic N) is 1. The van der Waals surface area contributed by atoms with Crippen LogP contribution < -0.4 is 0 Å². The Morgan fingerprint density at radius 3 is 2.36 bits per heavy atom. The summed E-state index contributed by atoms with van der Waals surface area (Å²) in [6.45, 7) is 0. The molecule has 1 nitrogen and oxygen atoms in total. The molecule has 0 heterocycles. The van der Waals surface area contributed by atoms with E-state index in [1.807, 2.05) is 0 Å².